The number of urea groups is 1. The zero-order valence-corrected chi connectivity index (χ0v) is 14.9. The van der Waals surface area contributed by atoms with Gasteiger partial charge in [0, 0.05) is 11.9 Å². The van der Waals surface area contributed by atoms with Crippen LogP contribution in [-0.4, -0.2) is 31.6 Å². The van der Waals surface area contributed by atoms with E-state index in [0.717, 1.165) is 22.0 Å². The normalized spacial score (nSPS) is 12.2. The molecule has 5 heteroatoms. The molecule has 0 heterocycles. The molecule has 0 bridgehead atoms. The Kier molecular flexibility index (Phi) is 5.49. The van der Waals surface area contributed by atoms with E-state index in [1.807, 2.05) is 67.5 Å². The molecule has 1 unspecified atom stereocenters. The van der Waals surface area contributed by atoms with Crippen molar-refractivity contribution in [3.63, 3.8) is 0 Å². The lowest BCUT2D eigenvalue weighted by atomic mass is 10.1. The maximum atomic E-state index is 13.5. The average molecular weight is 351 g/mol. The van der Waals surface area contributed by atoms with Gasteiger partial charge in [0.2, 0.25) is 0 Å². The molecule has 3 aromatic rings. The maximum absolute atomic E-state index is 13.5. The van der Waals surface area contributed by atoms with E-state index in [2.05, 4.69) is 10.6 Å². The summed E-state index contributed by atoms with van der Waals surface area (Å²) in [6.07, 6.45) is 0. The molecule has 0 radical (unpaired) electrons. The molecular weight excluding hydrogens is 329 g/mol. The SMILES string of the molecule is CN(C)C(CNC(=O)Nc1cccc2ccccc12)c1cccc(F)c1. The molecule has 3 rings (SSSR count). The molecule has 0 aliphatic rings. The van der Waals surface area contributed by atoms with Crippen molar-refractivity contribution in [3.8, 4) is 0 Å². The van der Waals surface area contributed by atoms with E-state index < -0.39 is 0 Å². The Bertz CT molecular complexity index is 905. The van der Waals surface area contributed by atoms with Crippen molar-refractivity contribution in [3.05, 3.63) is 78.1 Å². The topological polar surface area (TPSA) is 44.4 Å². The van der Waals surface area contributed by atoms with E-state index in [-0.39, 0.29) is 17.9 Å². The van der Waals surface area contributed by atoms with E-state index in [1.54, 1.807) is 6.07 Å². The highest BCUT2D eigenvalue weighted by atomic mass is 19.1. The van der Waals surface area contributed by atoms with Gasteiger partial charge in [-0.1, -0.05) is 48.5 Å². The number of rotatable bonds is 5. The summed E-state index contributed by atoms with van der Waals surface area (Å²) in [5, 5.41) is 7.83. The lowest BCUT2D eigenvalue weighted by molar-refractivity contribution is 0.243. The molecule has 0 fully saturated rings. The molecule has 134 valence electrons. The first-order chi connectivity index (χ1) is 12.5. The van der Waals surface area contributed by atoms with Gasteiger partial charge in [0.15, 0.2) is 0 Å². The van der Waals surface area contributed by atoms with Crippen LogP contribution in [0.2, 0.25) is 0 Å². The predicted octanol–water partition coefficient (Wildman–Crippen LogP) is 4.40. The van der Waals surface area contributed by atoms with Gasteiger partial charge >= 0.3 is 6.03 Å². The van der Waals surface area contributed by atoms with Crippen molar-refractivity contribution in [1.29, 1.82) is 0 Å². The van der Waals surface area contributed by atoms with Crippen molar-refractivity contribution >= 4 is 22.5 Å². The fraction of sp³-hybridized carbons (Fsp3) is 0.190. The third-order valence-electron chi connectivity index (χ3n) is 4.35. The summed E-state index contributed by atoms with van der Waals surface area (Å²) >= 11 is 0. The predicted molar refractivity (Wildman–Crippen MR) is 104 cm³/mol. The van der Waals surface area contributed by atoms with Crippen molar-refractivity contribution in [2.75, 3.05) is 26.0 Å². The molecule has 0 aromatic heterocycles. The third kappa shape index (κ3) is 4.18. The zero-order chi connectivity index (χ0) is 18.5. The largest absolute Gasteiger partial charge is 0.336 e. The molecule has 4 nitrogen and oxygen atoms in total. The molecule has 0 aliphatic carbocycles. The second kappa shape index (κ2) is 7.97. The van der Waals surface area contributed by atoms with Crippen LogP contribution in [0, 0.1) is 5.82 Å². The number of nitrogens with one attached hydrogen (secondary N) is 2. The molecule has 3 aromatic carbocycles. The Morgan fingerprint density at radius 1 is 1.04 bits per heavy atom. The summed E-state index contributed by atoms with van der Waals surface area (Å²) in [5.41, 5.74) is 1.58. The van der Waals surface area contributed by atoms with Gasteiger partial charge in [-0.05, 0) is 43.2 Å². The number of benzene rings is 3. The Morgan fingerprint density at radius 2 is 1.77 bits per heavy atom. The monoisotopic (exact) mass is 351 g/mol. The lowest BCUT2D eigenvalue weighted by Crippen LogP contribution is -2.37. The highest BCUT2D eigenvalue weighted by Gasteiger charge is 2.16. The van der Waals surface area contributed by atoms with Crippen LogP contribution in [0.1, 0.15) is 11.6 Å². The van der Waals surface area contributed by atoms with Crippen LogP contribution in [-0.2, 0) is 0 Å². The van der Waals surface area contributed by atoms with Gasteiger partial charge in [0.05, 0.1) is 11.7 Å². The van der Waals surface area contributed by atoms with Crippen molar-refractivity contribution in [2.24, 2.45) is 0 Å². The summed E-state index contributed by atoms with van der Waals surface area (Å²) < 4.78 is 13.5. The van der Waals surface area contributed by atoms with E-state index in [4.69, 9.17) is 0 Å². The highest BCUT2D eigenvalue weighted by Crippen LogP contribution is 2.23. The number of halogens is 1. The number of carbonyl (C=O) groups is 1. The zero-order valence-electron chi connectivity index (χ0n) is 14.9. The van der Waals surface area contributed by atoms with Crippen LogP contribution in [0.4, 0.5) is 14.9 Å². The molecule has 0 spiro atoms. The Hall–Kier alpha value is -2.92. The fourth-order valence-electron chi connectivity index (χ4n) is 3.00. The van der Waals surface area contributed by atoms with Crippen LogP contribution in [0.3, 0.4) is 0 Å². The summed E-state index contributed by atoms with van der Waals surface area (Å²) in [4.78, 5) is 14.3. The van der Waals surface area contributed by atoms with Crippen molar-refractivity contribution in [2.45, 2.75) is 6.04 Å². The first-order valence-corrected chi connectivity index (χ1v) is 8.49. The third-order valence-corrected chi connectivity index (χ3v) is 4.35. The number of amides is 2. The van der Waals surface area contributed by atoms with Crippen LogP contribution in [0.15, 0.2) is 66.7 Å². The fourth-order valence-corrected chi connectivity index (χ4v) is 3.00. The molecule has 0 saturated heterocycles. The number of nitrogens with zero attached hydrogens (tertiary/aromatic N) is 1. The average Bonchev–Trinajstić information content (AvgIpc) is 2.62. The van der Waals surface area contributed by atoms with E-state index >= 15 is 0 Å². The molecule has 0 aliphatic heterocycles. The summed E-state index contributed by atoms with van der Waals surface area (Å²) in [5.74, 6) is -0.283. The molecular formula is C21H22FN3O. The van der Waals surface area contributed by atoms with Gasteiger partial charge < -0.3 is 15.5 Å². The smallest absolute Gasteiger partial charge is 0.319 e. The van der Waals surface area contributed by atoms with E-state index in [0.29, 0.717) is 6.54 Å². The number of carbonyl (C=O) groups excluding carboxylic acids is 1. The first-order valence-electron chi connectivity index (χ1n) is 8.49. The molecule has 1 atom stereocenters. The Balaban J connectivity index is 1.69. The highest BCUT2D eigenvalue weighted by molar-refractivity contribution is 6.01. The van der Waals surface area contributed by atoms with Gasteiger partial charge in [-0.15, -0.1) is 0 Å². The number of anilines is 1. The van der Waals surface area contributed by atoms with Gasteiger partial charge in [-0.25, -0.2) is 9.18 Å². The van der Waals surface area contributed by atoms with Gasteiger partial charge in [-0.2, -0.15) is 0 Å². The second-order valence-corrected chi connectivity index (χ2v) is 6.40. The lowest BCUT2D eigenvalue weighted by Gasteiger charge is -2.25. The minimum Gasteiger partial charge on any atom is -0.336 e. The van der Waals surface area contributed by atoms with Gasteiger partial charge in [0.1, 0.15) is 5.82 Å². The Labute approximate surface area is 152 Å². The summed E-state index contributed by atoms with van der Waals surface area (Å²) in [6.45, 7) is 0.368. The number of likely N-dealkylation sites (N-methyl/N-ethyl adjacent to an activating group) is 1. The van der Waals surface area contributed by atoms with Gasteiger partial charge in [0.25, 0.3) is 0 Å². The summed E-state index contributed by atoms with van der Waals surface area (Å²) in [6, 6.07) is 19.7. The van der Waals surface area contributed by atoms with E-state index in [1.165, 1.54) is 12.1 Å². The number of hydrogen-bond donors (Lipinski definition) is 2. The van der Waals surface area contributed by atoms with Gasteiger partial charge in [-0.3, -0.25) is 0 Å². The minimum atomic E-state index is -0.287. The van der Waals surface area contributed by atoms with E-state index in [9.17, 15) is 9.18 Å². The minimum absolute atomic E-state index is 0.121. The molecule has 0 saturated carbocycles. The standard InChI is InChI=1S/C21H22FN3O/c1-25(2)20(16-9-5-10-17(22)13-16)14-23-21(26)24-19-12-6-8-15-7-3-4-11-18(15)19/h3-13,20H,14H2,1-2H3,(H2,23,24,26). The first kappa shape index (κ1) is 17.9. The van der Waals surface area contributed by atoms with Crippen LogP contribution < -0.4 is 10.6 Å². The van der Waals surface area contributed by atoms with Crippen molar-refractivity contribution in [1.82, 2.24) is 10.2 Å². The molecule has 26 heavy (non-hydrogen) atoms. The number of hydrogen-bond acceptors (Lipinski definition) is 2. The molecule has 2 amide bonds. The molecule has 2 N–H and O–H groups in total. The maximum Gasteiger partial charge on any atom is 0.319 e. The van der Waals surface area contributed by atoms with Crippen LogP contribution >= 0.6 is 0 Å². The second-order valence-electron chi connectivity index (χ2n) is 6.40. The van der Waals surface area contributed by atoms with Crippen LogP contribution in [0.25, 0.3) is 10.8 Å². The quantitative estimate of drug-likeness (QED) is 0.715. The number of fused-ring (bicyclic) bond motifs is 1. The van der Waals surface area contributed by atoms with Crippen LogP contribution in [0.5, 0.6) is 0 Å². The van der Waals surface area contributed by atoms with Crippen molar-refractivity contribution < 1.29 is 9.18 Å². The Morgan fingerprint density at radius 3 is 2.54 bits per heavy atom. The summed E-state index contributed by atoms with van der Waals surface area (Å²) in [7, 11) is 3.81.